The summed E-state index contributed by atoms with van der Waals surface area (Å²) in [7, 11) is 0. The van der Waals surface area contributed by atoms with Gasteiger partial charge in [0.2, 0.25) is 0 Å². The van der Waals surface area contributed by atoms with E-state index in [2.05, 4.69) is 55.4 Å². The highest BCUT2D eigenvalue weighted by Gasteiger charge is 2.73. The number of ketones is 1. The Balaban J connectivity index is 1.43. The quantitative estimate of drug-likeness (QED) is 0.375. The number of Topliss-reactive ketones (excluding diaryl/α,β-unsaturated/α-hetero) is 1. The molecule has 1 heterocycles. The van der Waals surface area contributed by atoms with Crippen molar-refractivity contribution in [3.63, 3.8) is 0 Å². The van der Waals surface area contributed by atoms with Gasteiger partial charge in [0.1, 0.15) is 5.78 Å². The van der Waals surface area contributed by atoms with E-state index in [4.69, 9.17) is 4.74 Å². The summed E-state index contributed by atoms with van der Waals surface area (Å²) >= 11 is 0. The molecular weight excluding hydrogens is 404 g/mol. The van der Waals surface area contributed by atoms with E-state index in [0.29, 0.717) is 40.0 Å². The molecule has 5 saturated carbocycles. The fourth-order valence-electron chi connectivity index (χ4n) is 12.3. The average molecular weight is 455 g/mol. The zero-order chi connectivity index (χ0) is 23.8. The second-order valence-electron chi connectivity index (χ2n) is 16.0. The van der Waals surface area contributed by atoms with E-state index in [-0.39, 0.29) is 22.2 Å². The molecule has 2 nitrogen and oxygen atoms in total. The highest BCUT2D eigenvalue weighted by atomic mass is 16.5. The van der Waals surface area contributed by atoms with Crippen molar-refractivity contribution in [1.82, 2.24) is 0 Å². The van der Waals surface area contributed by atoms with Gasteiger partial charge in [0.15, 0.2) is 0 Å². The molecule has 0 unspecified atom stereocenters. The standard InChI is InChI=1S/C31H50O2/c1-19-17-27(4,5)21-11-12-29(7)22(30(21,8)24(19)32)10-9-20-23-25-26(2,3)13-15-31(23,18-33-25)16-14-28(20,29)6/h19-23,25H,9-18H2,1-8H3/t19-,20+,21-,22-,23-,25+,28+,29+,30-,31+/m0/s1. The number of carbonyl (C=O) groups is 1. The van der Waals surface area contributed by atoms with Gasteiger partial charge in [0.25, 0.3) is 0 Å². The maximum Gasteiger partial charge on any atom is 0.142 e. The van der Waals surface area contributed by atoms with Crippen LogP contribution in [-0.2, 0) is 9.53 Å². The van der Waals surface area contributed by atoms with Crippen LogP contribution in [0, 0.1) is 62.1 Å². The molecule has 0 spiro atoms. The predicted molar refractivity (Wildman–Crippen MR) is 134 cm³/mol. The SMILES string of the molecule is C[C@H]1CC(C)(C)[C@@H]2CC[C@]3(C)[C@H](CC[C@@H]4[C@H]5[C@H]6OC[C@@]5(CCC6(C)C)CC[C@]43C)[C@@]2(C)C1=O. The van der Waals surface area contributed by atoms with Crippen LogP contribution in [0.1, 0.15) is 113 Å². The van der Waals surface area contributed by atoms with Gasteiger partial charge >= 0.3 is 0 Å². The van der Waals surface area contributed by atoms with E-state index in [1.165, 1.54) is 51.4 Å². The van der Waals surface area contributed by atoms with Crippen molar-refractivity contribution in [3.05, 3.63) is 0 Å². The molecule has 6 fully saturated rings. The summed E-state index contributed by atoms with van der Waals surface area (Å²) in [5, 5.41) is 0. The van der Waals surface area contributed by atoms with Crippen molar-refractivity contribution < 1.29 is 9.53 Å². The third-order valence-electron chi connectivity index (χ3n) is 14.0. The van der Waals surface area contributed by atoms with Crippen molar-refractivity contribution in [1.29, 1.82) is 0 Å². The Morgan fingerprint density at radius 2 is 1.45 bits per heavy atom. The second kappa shape index (κ2) is 6.49. The minimum Gasteiger partial charge on any atom is -0.377 e. The van der Waals surface area contributed by atoms with Crippen LogP contribution in [0.4, 0.5) is 0 Å². The first-order chi connectivity index (χ1) is 15.2. The van der Waals surface area contributed by atoms with Gasteiger partial charge in [-0.15, -0.1) is 0 Å². The molecule has 186 valence electrons. The Hall–Kier alpha value is -0.370. The molecule has 1 aliphatic heterocycles. The van der Waals surface area contributed by atoms with Crippen LogP contribution in [0.15, 0.2) is 0 Å². The van der Waals surface area contributed by atoms with E-state index in [1.807, 2.05) is 0 Å². The molecule has 33 heavy (non-hydrogen) atoms. The van der Waals surface area contributed by atoms with Crippen molar-refractivity contribution in [3.8, 4) is 0 Å². The van der Waals surface area contributed by atoms with E-state index in [1.54, 1.807) is 0 Å². The Bertz CT molecular complexity index is 872. The lowest BCUT2D eigenvalue weighted by Gasteiger charge is -2.72. The first-order valence-corrected chi connectivity index (χ1v) is 14.4. The highest BCUT2D eigenvalue weighted by Crippen LogP contribution is 2.77. The number of ether oxygens (including phenoxy) is 1. The molecule has 5 aliphatic carbocycles. The lowest BCUT2D eigenvalue weighted by molar-refractivity contribution is -0.239. The minimum absolute atomic E-state index is 0.140. The first-order valence-electron chi connectivity index (χ1n) is 14.4. The molecule has 0 radical (unpaired) electrons. The summed E-state index contributed by atoms with van der Waals surface area (Å²) in [6, 6.07) is 0. The summed E-state index contributed by atoms with van der Waals surface area (Å²) in [5.74, 6) is 3.43. The molecular formula is C31H50O2. The second-order valence-corrected chi connectivity index (χ2v) is 16.0. The number of rotatable bonds is 0. The monoisotopic (exact) mass is 454 g/mol. The summed E-state index contributed by atoms with van der Waals surface area (Å²) in [6.07, 6.45) is 12.1. The fourth-order valence-corrected chi connectivity index (χ4v) is 12.3. The van der Waals surface area contributed by atoms with Gasteiger partial charge in [-0.3, -0.25) is 4.79 Å². The maximum absolute atomic E-state index is 14.0. The Labute approximate surface area is 203 Å². The molecule has 0 N–H and O–H groups in total. The Morgan fingerprint density at radius 1 is 0.758 bits per heavy atom. The third kappa shape index (κ3) is 2.54. The largest absolute Gasteiger partial charge is 0.377 e. The molecule has 6 rings (SSSR count). The number of carbonyl (C=O) groups excluding carboxylic acids is 1. The summed E-state index contributed by atoms with van der Waals surface area (Å²) in [4.78, 5) is 14.0. The number of fused-ring (bicyclic) bond motifs is 5. The van der Waals surface area contributed by atoms with Crippen molar-refractivity contribution >= 4 is 5.78 Å². The van der Waals surface area contributed by atoms with Gasteiger partial charge < -0.3 is 4.74 Å². The van der Waals surface area contributed by atoms with Gasteiger partial charge in [0.05, 0.1) is 12.7 Å². The smallest absolute Gasteiger partial charge is 0.142 e. The van der Waals surface area contributed by atoms with Gasteiger partial charge in [-0.25, -0.2) is 0 Å². The predicted octanol–water partition coefficient (Wildman–Crippen LogP) is 7.69. The third-order valence-corrected chi connectivity index (χ3v) is 14.0. The zero-order valence-electron chi connectivity index (χ0n) is 22.9. The van der Waals surface area contributed by atoms with Crippen LogP contribution in [0.3, 0.4) is 0 Å². The lowest BCUT2D eigenvalue weighted by Crippen LogP contribution is -2.69. The number of hydrogen-bond acceptors (Lipinski definition) is 2. The van der Waals surface area contributed by atoms with Gasteiger partial charge in [-0.1, -0.05) is 55.4 Å². The van der Waals surface area contributed by atoms with Crippen molar-refractivity contribution in [2.75, 3.05) is 6.61 Å². The van der Waals surface area contributed by atoms with Gasteiger partial charge in [-0.05, 0) is 109 Å². The minimum atomic E-state index is -0.140. The van der Waals surface area contributed by atoms with Crippen LogP contribution in [-0.4, -0.2) is 18.5 Å². The van der Waals surface area contributed by atoms with E-state index in [9.17, 15) is 4.79 Å². The first kappa shape index (κ1) is 23.1. The Morgan fingerprint density at radius 3 is 2.18 bits per heavy atom. The summed E-state index contributed by atoms with van der Waals surface area (Å²) in [6.45, 7) is 20.9. The van der Waals surface area contributed by atoms with Crippen LogP contribution >= 0.6 is 0 Å². The summed E-state index contributed by atoms with van der Waals surface area (Å²) in [5.41, 5.74) is 1.50. The molecule has 2 heteroatoms. The molecule has 0 aromatic heterocycles. The molecule has 6 aliphatic rings. The van der Waals surface area contributed by atoms with E-state index >= 15 is 0 Å². The van der Waals surface area contributed by atoms with Gasteiger partial charge in [0, 0.05) is 11.3 Å². The van der Waals surface area contributed by atoms with E-state index < -0.39 is 0 Å². The van der Waals surface area contributed by atoms with Crippen molar-refractivity contribution in [2.24, 2.45) is 62.1 Å². The molecule has 2 bridgehead atoms. The molecule has 0 aromatic carbocycles. The Kier molecular flexibility index (Phi) is 4.53. The maximum atomic E-state index is 14.0. The van der Waals surface area contributed by atoms with Gasteiger partial charge in [-0.2, -0.15) is 0 Å². The normalized spacial score (nSPS) is 58.6. The van der Waals surface area contributed by atoms with Crippen LogP contribution in [0.25, 0.3) is 0 Å². The van der Waals surface area contributed by atoms with E-state index in [0.717, 1.165) is 24.9 Å². The van der Waals surface area contributed by atoms with Crippen LogP contribution in [0.5, 0.6) is 0 Å². The lowest BCUT2D eigenvalue weighted by atomic mass is 9.31. The topological polar surface area (TPSA) is 26.3 Å². The highest BCUT2D eigenvalue weighted by molar-refractivity contribution is 5.88. The molecule has 10 atom stereocenters. The number of hydrogen-bond donors (Lipinski definition) is 0. The molecule has 0 amide bonds. The zero-order valence-corrected chi connectivity index (χ0v) is 22.9. The summed E-state index contributed by atoms with van der Waals surface area (Å²) < 4.78 is 6.70. The molecule has 1 saturated heterocycles. The average Bonchev–Trinajstić information content (AvgIpc) is 3.06. The molecule has 0 aromatic rings. The van der Waals surface area contributed by atoms with Crippen LogP contribution in [0.2, 0.25) is 0 Å². The van der Waals surface area contributed by atoms with Crippen LogP contribution < -0.4 is 0 Å². The van der Waals surface area contributed by atoms with Crippen molar-refractivity contribution in [2.45, 2.75) is 119 Å². The fraction of sp³-hybridized carbons (Fsp3) is 0.968.